The number of alkyl halides is 1. The highest BCUT2D eigenvalue weighted by molar-refractivity contribution is 7.19. The van der Waals surface area contributed by atoms with Crippen molar-refractivity contribution in [1.29, 1.82) is 0 Å². The molecule has 1 fully saturated rings. The second-order valence-corrected chi connectivity index (χ2v) is 8.23. The predicted molar refractivity (Wildman–Crippen MR) is 106 cm³/mol. The molecule has 2 heterocycles. The number of benzene rings is 1. The molecule has 0 saturated carbocycles. The van der Waals surface area contributed by atoms with Crippen LogP contribution in [-0.4, -0.2) is 55.4 Å². The number of methoxy groups -OCH3 is 1. The Morgan fingerprint density at radius 2 is 2.14 bits per heavy atom. The number of carbonyl (C=O) groups is 1. The molecule has 11 heteroatoms. The summed E-state index contributed by atoms with van der Waals surface area (Å²) >= 11 is 6.89. The van der Waals surface area contributed by atoms with Crippen molar-refractivity contribution in [3.05, 3.63) is 39.9 Å². The minimum atomic E-state index is -0.770. The first-order chi connectivity index (χ1) is 13.9. The van der Waals surface area contributed by atoms with Gasteiger partial charge >= 0.3 is 6.03 Å². The van der Waals surface area contributed by atoms with Crippen molar-refractivity contribution in [2.75, 3.05) is 38.7 Å². The van der Waals surface area contributed by atoms with Crippen molar-refractivity contribution < 1.29 is 22.7 Å². The molecule has 2 amide bonds. The van der Waals surface area contributed by atoms with E-state index in [4.69, 9.17) is 16.3 Å². The third-order valence-corrected chi connectivity index (χ3v) is 5.80. The van der Waals surface area contributed by atoms with Gasteiger partial charge in [0.15, 0.2) is 5.13 Å². The van der Waals surface area contributed by atoms with Crippen LogP contribution >= 0.6 is 22.9 Å². The van der Waals surface area contributed by atoms with Crippen molar-refractivity contribution in [1.82, 2.24) is 15.2 Å². The molecule has 158 valence electrons. The van der Waals surface area contributed by atoms with E-state index in [-0.39, 0.29) is 24.4 Å². The Hall–Kier alpha value is -2.04. The molecule has 2 N–H and O–H groups in total. The molecule has 0 aliphatic carbocycles. The number of anilines is 1. The van der Waals surface area contributed by atoms with Gasteiger partial charge in [0.25, 0.3) is 0 Å². The highest BCUT2D eigenvalue weighted by atomic mass is 35.5. The summed E-state index contributed by atoms with van der Waals surface area (Å²) in [4.78, 5) is 18.1. The Labute approximate surface area is 175 Å². The van der Waals surface area contributed by atoms with Crippen LogP contribution in [-0.2, 0) is 0 Å². The standard InChI is InChI=1S/C18H20ClF3N4O2S/c1-28-10-6-12(21)16(13(22)7-10)11-9-26(5-3-20)4-2-14(11)24-17(27)25-18-23-8-15(19)29-18/h6-8,11,14H,2-5,9H2,1H3,(H2,23,24,25,27)/t11-,14-/m1/s1. The van der Waals surface area contributed by atoms with Gasteiger partial charge in [-0.1, -0.05) is 22.9 Å². The number of carbonyl (C=O) groups excluding carboxylic acids is 1. The number of hydrogen-bond acceptors (Lipinski definition) is 5. The van der Waals surface area contributed by atoms with Crippen molar-refractivity contribution in [2.45, 2.75) is 18.4 Å². The Bertz CT molecular complexity index is 846. The fraction of sp³-hybridized carbons (Fsp3) is 0.444. The third-order valence-electron chi connectivity index (χ3n) is 4.77. The first-order valence-electron chi connectivity index (χ1n) is 8.91. The molecule has 1 aliphatic heterocycles. The lowest BCUT2D eigenvalue weighted by molar-refractivity contribution is 0.161. The predicted octanol–water partition coefficient (Wildman–Crippen LogP) is 4.03. The fourth-order valence-electron chi connectivity index (χ4n) is 3.45. The van der Waals surface area contributed by atoms with Crippen LogP contribution in [0.1, 0.15) is 17.9 Å². The maximum Gasteiger partial charge on any atom is 0.321 e. The van der Waals surface area contributed by atoms with Gasteiger partial charge in [0.2, 0.25) is 0 Å². The number of urea groups is 1. The van der Waals surface area contributed by atoms with Gasteiger partial charge in [-0.05, 0) is 6.42 Å². The number of hydrogen-bond donors (Lipinski definition) is 2. The third kappa shape index (κ3) is 5.31. The maximum absolute atomic E-state index is 14.7. The highest BCUT2D eigenvalue weighted by Crippen LogP contribution is 2.33. The number of ether oxygens (including phenoxy) is 1. The first-order valence-corrected chi connectivity index (χ1v) is 10.1. The van der Waals surface area contributed by atoms with Crippen LogP contribution in [0.25, 0.3) is 0 Å². The number of amides is 2. The summed E-state index contributed by atoms with van der Waals surface area (Å²) in [7, 11) is 1.32. The summed E-state index contributed by atoms with van der Waals surface area (Å²) in [5.41, 5.74) is -0.156. The minimum Gasteiger partial charge on any atom is -0.497 e. The van der Waals surface area contributed by atoms with Crippen LogP contribution in [0.15, 0.2) is 18.3 Å². The molecule has 0 bridgehead atoms. The number of nitrogens with zero attached hydrogens (tertiary/aromatic N) is 2. The van der Waals surface area contributed by atoms with Gasteiger partial charge in [0.05, 0.1) is 13.3 Å². The molecule has 1 saturated heterocycles. The summed E-state index contributed by atoms with van der Waals surface area (Å²) in [5.74, 6) is -2.18. The maximum atomic E-state index is 14.7. The lowest BCUT2D eigenvalue weighted by Gasteiger charge is -2.39. The lowest BCUT2D eigenvalue weighted by atomic mass is 9.85. The van der Waals surface area contributed by atoms with Gasteiger partial charge in [-0.3, -0.25) is 10.2 Å². The van der Waals surface area contributed by atoms with Gasteiger partial charge < -0.3 is 10.1 Å². The summed E-state index contributed by atoms with van der Waals surface area (Å²) in [6, 6.07) is 1.08. The van der Waals surface area contributed by atoms with E-state index < -0.39 is 36.3 Å². The summed E-state index contributed by atoms with van der Waals surface area (Å²) in [6.45, 7) is 0.294. The first kappa shape index (κ1) is 21.7. The molecule has 29 heavy (non-hydrogen) atoms. The van der Waals surface area contributed by atoms with Crippen LogP contribution in [0, 0.1) is 11.6 Å². The van der Waals surface area contributed by atoms with Crippen LogP contribution in [0.2, 0.25) is 4.34 Å². The zero-order valence-corrected chi connectivity index (χ0v) is 17.1. The van der Waals surface area contributed by atoms with Crippen molar-refractivity contribution in [2.24, 2.45) is 0 Å². The van der Waals surface area contributed by atoms with Gasteiger partial charge in [-0.15, -0.1) is 0 Å². The van der Waals surface area contributed by atoms with E-state index in [9.17, 15) is 18.0 Å². The molecule has 0 unspecified atom stereocenters. The van der Waals surface area contributed by atoms with E-state index in [0.717, 1.165) is 23.5 Å². The minimum absolute atomic E-state index is 0.0584. The molecule has 1 aromatic carbocycles. The Balaban J connectivity index is 1.82. The second kappa shape index (κ2) is 9.64. The van der Waals surface area contributed by atoms with E-state index in [0.29, 0.717) is 22.4 Å². The van der Waals surface area contributed by atoms with Crippen LogP contribution < -0.4 is 15.4 Å². The molecule has 2 atom stereocenters. The number of rotatable bonds is 6. The van der Waals surface area contributed by atoms with E-state index in [1.807, 2.05) is 0 Å². The average Bonchev–Trinajstić information content (AvgIpc) is 3.07. The van der Waals surface area contributed by atoms with Crippen LogP contribution in [0.5, 0.6) is 5.75 Å². The molecule has 1 aliphatic rings. The number of piperidine rings is 1. The highest BCUT2D eigenvalue weighted by Gasteiger charge is 2.35. The van der Waals surface area contributed by atoms with Crippen molar-refractivity contribution in [3.63, 3.8) is 0 Å². The molecule has 3 rings (SSSR count). The molecule has 2 aromatic rings. The summed E-state index contributed by atoms with van der Waals surface area (Å²) in [5, 5.41) is 5.62. The zero-order valence-electron chi connectivity index (χ0n) is 15.6. The monoisotopic (exact) mass is 448 g/mol. The molecule has 0 spiro atoms. The topological polar surface area (TPSA) is 66.5 Å². The second-order valence-electron chi connectivity index (χ2n) is 6.56. The SMILES string of the molecule is COc1cc(F)c([C@@H]2CN(CCF)CC[C@H]2NC(=O)Nc2ncc(Cl)s2)c(F)c1. The zero-order chi connectivity index (χ0) is 21.0. The largest absolute Gasteiger partial charge is 0.497 e. The Morgan fingerprint density at radius 3 is 2.72 bits per heavy atom. The lowest BCUT2D eigenvalue weighted by Crippen LogP contribution is -2.51. The molecule has 0 radical (unpaired) electrons. The van der Waals surface area contributed by atoms with E-state index >= 15 is 0 Å². The van der Waals surface area contributed by atoms with Gasteiger partial charge in [0, 0.05) is 49.3 Å². The number of likely N-dealkylation sites (tertiary alicyclic amines) is 1. The fourth-order valence-corrected chi connectivity index (χ4v) is 4.26. The molecule has 6 nitrogen and oxygen atoms in total. The molecular formula is C18H20ClF3N4O2S. The number of nitrogens with one attached hydrogen (secondary N) is 2. The van der Waals surface area contributed by atoms with Gasteiger partial charge in [-0.2, -0.15) is 0 Å². The van der Waals surface area contributed by atoms with Gasteiger partial charge in [0.1, 0.15) is 28.4 Å². The van der Waals surface area contributed by atoms with E-state index in [1.54, 1.807) is 4.90 Å². The summed E-state index contributed by atoms with van der Waals surface area (Å²) < 4.78 is 47.5. The molecule has 1 aromatic heterocycles. The average molecular weight is 449 g/mol. The van der Waals surface area contributed by atoms with Crippen LogP contribution in [0.3, 0.4) is 0 Å². The van der Waals surface area contributed by atoms with Crippen molar-refractivity contribution >= 4 is 34.1 Å². The smallest absolute Gasteiger partial charge is 0.321 e. The summed E-state index contributed by atoms with van der Waals surface area (Å²) in [6.07, 6.45) is 1.81. The normalized spacial score (nSPS) is 19.8. The number of halogens is 4. The Kier molecular flexibility index (Phi) is 7.20. The Morgan fingerprint density at radius 1 is 1.41 bits per heavy atom. The van der Waals surface area contributed by atoms with Crippen LogP contribution in [0.4, 0.5) is 23.1 Å². The van der Waals surface area contributed by atoms with E-state index in [2.05, 4.69) is 15.6 Å². The molecular weight excluding hydrogens is 429 g/mol. The van der Waals surface area contributed by atoms with Gasteiger partial charge in [-0.25, -0.2) is 22.9 Å². The van der Waals surface area contributed by atoms with Crippen molar-refractivity contribution in [3.8, 4) is 5.75 Å². The van der Waals surface area contributed by atoms with E-state index in [1.165, 1.54) is 13.3 Å². The number of thiazole rings is 1. The quantitative estimate of drug-likeness (QED) is 0.700. The number of aromatic nitrogens is 1.